The molecule has 1 aromatic carbocycles. The Balaban J connectivity index is 1.29. The standard InChI is InChI=1S/C17H18N6O4S2/c1-23-13(7-19-15(25)10-2-3-11-12(6-10)27-9-26-11)21-22-17(23)29-8-14(24)20-16-18-4-5-28-16/h2-3,6H,4-5,7-9H2,1H3,(H,19,25)(H,18,20,24). The van der Waals surface area contributed by atoms with Gasteiger partial charge in [0.2, 0.25) is 12.7 Å². The zero-order valence-corrected chi connectivity index (χ0v) is 17.1. The molecule has 0 atom stereocenters. The maximum absolute atomic E-state index is 12.4. The molecule has 1 aromatic heterocycles. The van der Waals surface area contributed by atoms with Gasteiger partial charge in [-0.2, -0.15) is 0 Å². The first-order valence-corrected chi connectivity index (χ1v) is 10.7. The van der Waals surface area contributed by atoms with Crippen molar-refractivity contribution < 1.29 is 19.1 Å². The van der Waals surface area contributed by atoms with E-state index in [1.165, 1.54) is 23.5 Å². The van der Waals surface area contributed by atoms with Crippen LogP contribution < -0.4 is 20.1 Å². The van der Waals surface area contributed by atoms with Crippen molar-refractivity contribution in [3.8, 4) is 11.5 Å². The maximum Gasteiger partial charge on any atom is 0.251 e. The third-order valence-corrected chi connectivity index (χ3v) is 6.04. The summed E-state index contributed by atoms with van der Waals surface area (Å²) in [4.78, 5) is 28.6. The van der Waals surface area contributed by atoms with Crippen molar-refractivity contribution >= 4 is 40.5 Å². The Morgan fingerprint density at radius 1 is 1.28 bits per heavy atom. The van der Waals surface area contributed by atoms with E-state index in [1.807, 2.05) is 0 Å². The lowest BCUT2D eigenvalue weighted by molar-refractivity contribution is -0.117. The number of carbonyl (C=O) groups excluding carboxylic acids is 2. The number of aliphatic imine (C=N–C) groups is 1. The summed E-state index contributed by atoms with van der Waals surface area (Å²) in [6, 6.07) is 5.02. The molecule has 0 spiro atoms. The topological polar surface area (TPSA) is 120 Å². The fourth-order valence-electron chi connectivity index (χ4n) is 2.62. The van der Waals surface area contributed by atoms with Gasteiger partial charge in [0.1, 0.15) is 0 Å². The first kappa shape index (κ1) is 19.6. The largest absolute Gasteiger partial charge is 0.454 e. The Bertz CT molecular complexity index is 977. The molecule has 2 N–H and O–H groups in total. The number of fused-ring (bicyclic) bond motifs is 1. The van der Waals surface area contributed by atoms with Gasteiger partial charge in [0, 0.05) is 18.4 Å². The number of hydrogen-bond donors (Lipinski definition) is 2. The second-order valence-electron chi connectivity index (χ2n) is 6.08. The van der Waals surface area contributed by atoms with E-state index >= 15 is 0 Å². The van der Waals surface area contributed by atoms with Crippen molar-refractivity contribution in [2.24, 2.45) is 12.0 Å². The molecule has 2 aliphatic heterocycles. The fraction of sp³-hybridized carbons (Fsp3) is 0.353. The maximum atomic E-state index is 12.4. The number of aromatic nitrogens is 3. The molecule has 0 saturated carbocycles. The highest BCUT2D eigenvalue weighted by Gasteiger charge is 2.18. The summed E-state index contributed by atoms with van der Waals surface area (Å²) in [7, 11) is 1.79. The molecule has 0 fully saturated rings. The molecular weight excluding hydrogens is 416 g/mol. The van der Waals surface area contributed by atoms with E-state index < -0.39 is 0 Å². The minimum absolute atomic E-state index is 0.135. The van der Waals surface area contributed by atoms with Crippen LogP contribution in [0.25, 0.3) is 0 Å². The molecule has 0 radical (unpaired) electrons. The predicted octanol–water partition coefficient (Wildman–Crippen LogP) is 0.785. The van der Waals surface area contributed by atoms with Gasteiger partial charge in [-0.05, 0) is 18.2 Å². The molecule has 2 aromatic rings. The van der Waals surface area contributed by atoms with Crippen LogP contribution >= 0.6 is 23.5 Å². The van der Waals surface area contributed by atoms with E-state index in [9.17, 15) is 9.59 Å². The molecule has 29 heavy (non-hydrogen) atoms. The second kappa shape index (κ2) is 8.74. The number of rotatable bonds is 6. The Morgan fingerprint density at radius 2 is 2.14 bits per heavy atom. The van der Waals surface area contributed by atoms with E-state index in [2.05, 4.69) is 25.8 Å². The van der Waals surface area contributed by atoms with Gasteiger partial charge in [-0.25, -0.2) is 0 Å². The highest BCUT2D eigenvalue weighted by Crippen LogP contribution is 2.32. The van der Waals surface area contributed by atoms with Crippen molar-refractivity contribution in [2.45, 2.75) is 11.7 Å². The van der Waals surface area contributed by atoms with Crippen LogP contribution in [-0.2, 0) is 18.4 Å². The van der Waals surface area contributed by atoms with Crippen LogP contribution in [-0.4, -0.2) is 56.6 Å². The number of amides is 2. The lowest BCUT2D eigenvalue weighted by atomic mass is 10.2. The van der Waals surface area contributed by atoms with Gasteiger partial charge in [0.25, 0.3) is 5.91 Å². The van der Waals surface area contributed by atoms with Crippen LogP contribution in [0.5, 0.6) is 11.5 Å². The molecule has 2 aliphatic rings. The van der Waals surface area contributed by atoms with Gasteiger partial charge in [0.05, 0.1) is 18.8 Å². The van der Waals surface area contributed by atoms with Gasteiger partial charge in [-0.1, -0.05) is 23.5 Å². The lowest BCUT2D eigenvalue weighted by Gasteiger charge is -2.07. The Kier molecular flexibility index (Phi) is 5.90. The Morgan fingerprint density at radius 3 is 2.97 bits per heavy atom. The average Bonchev–Trinajstić information content (AvgIpc) is 3.46. The van der Waals surface area contributed by atoms with E-state index in [1.54, 1.807) is 29.8 Å². The summed E-state index contributed by atoms with van der Waals surface area (Å²) in [6.07, 6.45) is 0. The second-order valence-corrected chi connectivity index (χ2v) is 8.11. The summed E-state index contributed by atoms with van der Waals surface area (Å²) in [5.41, 5.74) is 0.468. The van der Waals surface area contributed by atoms with Crippen LogP contribution in [0.3, 0.4) is 0 Å². The highest BCUT2D eigenvalue weighted by molar-refractivity contribution is 8.14. The molecule has 152 valence electrons. The number of hydrogen-bond acceptors (Lipinski definition) is 9. The number of nitrogens with one attached hydrogen (secondary N) is 2. The zero-order chi connectivity index (χ0) is 20.2. The van der Waals surface area contributed by atoms with Crippen LogP contribution in [0.4, 0.5) is 0 Å². The predicted molar refractivity (Wildman–Crippen MR) is 108 cm³/mol. The van der Waals surface area contributed by atoms with Gasteiger partial charge < -0.3 is 24.7 Å². The van der Waals surface area contributed by atoms with Gasteiger partial charge >= 0.3 is 0 Å². The number of amidine groups is 1. The summed E-state index contributed by atoms with van der Waals surface area (Å²) in [6.45, 7) is 1.10. The SMILES string of the molecule is Cn1c(CNC(=O)c2ccc3c(c2)OCO3)nnc1SCC(=O)NC1=NCCS1. The minimum atomic E-state index is -0.255. The van der Waals surface area contributed by atoms with Crippen molar-refractivity contribution in [1.29, 1.82) is 0 Å². The third kappa shape index (κ3) is 4.65. The van der Waals surface area contributed by atoms with Crippen molar-refractivity contribution in [3.63, 3.8) is 0 Å². The van der Waals surface area contributed by atoms with Crippen LogP contribution in [0.1, 0.15) is 16.2 Å². The van der Waals surface area contributed by atoms with E-state index in [4.69, 9.17) is 9.47 Å². The van der Waals surface area contributed by atoms with Crippen LogP contribution in [0.2, 0.25) is 0 Å². The van der Waals surface area contributed by atoms with Gasteiger partial charge in [0.15, 0.2) is 27.6 Å². The summed E-state index contributed by atoms with van der Waals surface area (Å²) < 4.78 is 12.3. The molecule has 10 nitrogen and oxygen atoms in total. The number of nitrogens with zero attached hydrogens (tertiary/aromatic N) is 4. The number of benzene rings is 1. The van der Waals surface area contributed by atoms with Gasteiger partial charge in [-0.15, -0.1) is 10.2 Å². The molecule has 12 heteroatoms. The molecular formula is C17H18N6O4S2. The smallest absolute Gasteiger partial charge is 0.251 e. The number of thioether (sulfide) groups is 2. The zero-order valence-electron chi connectivity index (χ0n) is 15.5. The lowest BCUT2D eigenvalue weighted by Crippen LogP contribution is -2.29. The summed E-state index contributed by atoms with van der Waals surface area (Å²) in [5, 5.41) is 15.0. The van der Waals surface area contributed by atoms with Crippen molar-refractivity contribution in [2.75, 3.05) is 24.8 Å². The number of ether oxygens (including phenoxy) is 2. The summed E-state index contributed by atoms with van der Waals surface area (Å²) >= 11 is 2.81. The molecule has 3 heterocycles. The third-order valence-electron chi connectivity index (χ3n) is 4.13. The normalized spacial score (nSPS) is 14.6. The number of carbonyl (C=O) groups is 2. The van der Waals surface area contributed by atoms with E-state index in [0.717, 1.165) is 12.3 Å². The molecule has 0 saturated heterocycles. The van der Waals surface area contributed by atoms with Crippen molar-refractivity contribution in [3.05, 3.63) is 29.6 Å². The Labute approximate surface area is 174 Å². The average molecular weight is 435 g/mol. The molecule has 0 bridgehead atoms. The molecule has 4 rings (SSSR count). The van der Waals surface area contributed by atoms with Crippen LogP contribution in [0.15, 0.2) is 28.3 Å². The summed E-state index contributed by atoms with van der Waals surface area (Å²) in [5.74, 6) is 2.47. The molecule has 2 amide bonds. The first-order chi connectivity index (χ1) is 14.1. The van der Waals surface area contributed by atoms with Crippen molar-refractivity contribution in [1.82, 2.24) is 25.4 Å². The van der Waals surface area contributed by atoms with Gasteiger partial charge in [-0.3, -0.25) is 14.6 Å². The Hall–Kier alpha value is -2.73. The monoisotopic (exact) mass is 434 g/mol. The van der Waals surface area contributed by atoms with E-state index in [-0.39, 0.29) is 30.9 Å². The quantitative estimate of drug-likeness (QED) is 0.641. The fourth-order valence-corrected chi connectivity index (χ4v) is 4.09. The molecule has 0 aliphatic carbocycles. The van der Waals surface area contributed by atoms with Crippen LogP contribution in [0, 0.1) is 0 Å². The van der Waals surface area contributed by atoms with E-state index in [0.29, 0.717) is 33.2 Å². The first-order valence-electron chi connectivity index (χ1n) is 8.76. The minimum Gasteiger partial charge on any atom is -0.454 e. The highest BCUT2D eigenvalue weighted by atomic mass is 32.2. The molecule has 0 unspecified atom stereocenters.